The van der Waals surface area contributed by atoms with Gasteiger partial charge in [0.05, 0.1) is 19.8 Å². The van der Waals surface area contributed by atoms with Crippen LogP contribution >= 0.6 is 0 Å². The van der Waals surface area contributed by atoms with Crippen LogP contribution < -0.4 is 14.8 Å². The topological polar surface area (TPSA) is 108 Å². The van der Waals surface area contributed by atoms with Crippen molar-refractivity contribution in [1.29, 1.82) is 0 Å². The molecule has 2 aromatic carbocycles. The van der Waals surface area contributed by atoms with Crippen LogP contribution in [0.1, 0.15) is 31.2 Å². The highest BCUT2D eigenvalue weighted by Crippen LogP contribution is 2.35. The zero-order valence-corrected chi connectivity index (χ0v) is 21.2. The molecule has 3 aliphatic heterocycles. The third-order valence-electron chi connectivity index (χ3n) is 7.60. The molecule has 10 heteroatoms. The van der Waals surface area contributed by atoms with Crippen molar-refractivity contribution >= 4 is 15.9 Å². The fourth-order valence-corrected chi connectivity index (χ4v) is 7.32. The minimum Gasteiger partial charge on any atom is -0.496 e. The van der Waals surface area contributed by atoms with Crippen LogP contribution in [-0.2, 0) is 21.4 Å². The summed E-state index contributed by atoms with van der Waals surface area (Å²) in [6, 6.07) is 13.5. The molecule has 3 heterocycles. The van der Waals surface area contributed by atoms with Gasteiger partial charge in [-0.1, -0.05) is 30.3 Å². The zero-order chi connectivity index (χ0) is 25.3. The predicted molar refractivity (Wildman–Crippen MR) is 133 cm³/mol. The van der Waals surface area contributed by atoms with E-state index in [-0.39, 0.29) is 36.1 Å². The number of fused-ring (bicyclic) bond motifs is 2. The predicted octanol–water partition coefficient (Wildman–Crippen LogP) is 1.75. The molecule has 2 N–H and O–H groups in total. The molecule has 5 rings (SSSR count). The standard InChI is InChI=1S/C26H33N3O6S/c1-34-22-7-3-2-6-19(22)17-28-13-10-26(11-14-28)12-15-35-23-8-4-5-9-24(23)36(32,33)29-18-20(30)16-21(29)25(31)27-26/h2-9,20-21,30H,10-18H2,1H3,(H,27,31)/t20-,21+/m1/s1. The van der Waals surface area contributed by atoms with Crippen LogP contribution in [0.15, 0.2) is 53.4 Å². The zero-order valence-electron chi connectivity index (χ0n) is 20.4. The lowest BCUT2D eigenvalue weighted by Gasteiger charge is -2.43. The molecular weight excluding hydrogens is 482 g/mol. The molecule has 2 saturated heterocycles. The number of carbonyl (C=O) groups excluding carboxylic acids is 1. The molecule has 1 amide bonds. The van der Waals surface area contributed by atoms with Gasteiger partial charge in [-0.2, -0.15) is 4.31 Å². The Morgan fingerprint density at radius 2 is 1.83 bits per heavy atom. The van der Waals surface area contributed by atoms with Gasteiger partial charge in [0.25, 0.3) is 0 Å². The first-order chi connectivity index (χ1) is 17.3. The summed E-state index contributed by atoms with van der Waals surface area (Å²) in [5, 5.41) is 13.5. The van der Waals surface area contributed by atoms with Gasteiger partial charge in [-0.15, -0.1) is 0 Å². The lowest BCUT2D eigenvalue weighted by molar-refractivity contribution is -0.127. The number of methoxy groups -OCH3 is 1. The minimum absolute atomic E-state index is 0.0273. The van der Waals surface area contributed by atoms with Gasteiger partial charge in [0.15, 0.2) is 0 Å². The van der Waals surface area contributed by atoms with Crippen LogP contribution in [-0.4, -0.2) is 79.7 Å². The Balaban J connectivity index is 1.38. The Hall–Kier alpha value is -2.66. The second-order valence-corrected chi connectivity index (χ2v) is 11.7. The number of rotatable bonds is 3. The highest BCUT2D eigenvalue weighted by molar-refractivity contribution is 7.89. The van der Waals surface area contributed by atoms with Gasteiger partial charge in [-0.05, 0) is 31.0 Å². The number of carbonyl (C=O) groups is 1. The van der Waals surface area contributed by atoms with Gasteiger partial charge in [-0.3, -0.25) is 9.69 Å². The highest BCUT2D eigenvalue weighted by atomic mass is 32.2. The molecule has 0 aromatic heterocycles. The van der Waals surface area contributed by atoms with Gasteiger partial charge in [0, 0.05) is 50.1 Å². The Morgan fingerprint density at radius 3 is 2.61 bits per heavy atom. The van der Waals surface area contributed by atoms with Crippen molar-refractivity contribution in [2.75, 3.05) is 33.4 Å². The normalized spacial score (nSPS) is 26.2. The van der Waals surface area contributed by atoms with E-state index in [0.29, 0.717) is 19.3 Å². The number of piperidine rings is 1. The Bertz CT molecular complexity index is 1210. The third kappa shape index (κ3) is 4.82. The lowest BCUT2D eigenvalue weighted by Crippen LogP contribution is -2.59. The summed E-state index contributed by atoms with van der Waals surface area (Å²) >= 11 is 0. The summed E-state index contributed by atoms with van der Waals surface area (Å²) in [5.41, 5.74) is 0.597. The van der Waals surface area contributed by atoms with E-state index in [4.69, 9.17) is 9.47 Å². The summed E-state index contributed by atoms with van der Waals surface area (Å²) in [4.78, 5) is 15.9. The highest BCUT2D eigenvalue weighted by Gasteiger charge is 2.47. The molecular formula is C26H33N3O6S. The summed E-state index contributed by atoms with van der Waals surface area (Å²) < 4.78 is 39.6. The van der Waals surface area contributed by atoms with E-state index in [1.807, 2.05) is 18.2 Å². The maximum absolute atomic E-state index is 13.5. The molecule has 1 spiro atoms. The van der Waals surface area contributed by atoms with Crippen LogP contribution in [0.4, 0.5) is 0 Å². The maximum Gasteiger partial charge on any atom is 0.247 e. The summed E-state index contributed by atoms with van der Waals surface area (Å²) in [7, 11) is -2.36. The molecule has 0 aliphatic carbocycles. The van der Waals surface area contributed by atoms with Gasteiger partial charge >= 0.3 is 0 Å². The monoisotopic (exact) mass is 515 g/mol. The van der Waals surface area contributed by atoms with E-state index in [0.717, 1.165) is 35.3 Å². The number of nitrogens with one attached hydrogen (secondary N) is 1. The average molecular weight is 516 g/mol. The lowest BCUT2D eigenvalue weighted by atomic mass is 9.84. The molecule has 0 saturated carbocycles. The number of benzene rings is 2. The van der Waals surface area contributed by atoms with Gasteiger partial charge in [0.1, 0.15) is 22.4 Å². The largest absolute Gasteiger partial charge is 0.496 e. The Kier molecular flexibility index (Phi) is 6.95. The van der Waals surface area contributed by atoms with E-state index in [1.165, 1.54) is 6.07 Å². The number of ether oxygens (including phenoxy) is 2. The number of para-hydroxylation sites is 2. The fourth-order valence-electron chi connectivity index (χ4n) is 5.55. The van der Waals surface area contributed by atoms with E-state index in [1.54, 1.807) is 25.3 Å². The van der Waals surface area contributed by atoms with E-state index < -0.39 is 27.7 Å². The first-order valence-electron chi connectivity index (χ1n) is 12.4. The van der Waals surface area contributed by atoms with Crippen LogP contribution in [0, 0.1) is 0 Å². The number of nitrogens with zero attached hydrogens (tertiary/aromatic N) is 2. The van der Waals surface area contributed by atoms with Crippen LogP contribution in [0.5, 0.6) is 11.5 Å². The molecule has 36 heavy (non-hydrogen) atoms. The van der Waals surface area contributed by atoms with Crippen molar-refractivity contribution in [1.82, 2.24) is 14.5 Å². The van der Waals surface area contributed by atoms with Crippen LogP contribution in [0.25, 0.3) is 0 Å². The molecule has 3 aliphatic rings. The first-order valence-corrected chi connectivity index (χ1v) is 13.8. The number of sulfonamides is 1. The number of hydrogen-bond acceptors (Lipinski definition) is 7. The van der Waals surface area contributed by atoms with E-state index in [9.17, 15) is 18.3 Å². The average Bonchev–Trinajstić information content (AvgIpc) is 3.28. The number of aliphatic hydroxyl groups is 1. The fraction of sp³-hybridized carbons (Fsp3) is 0.500. The van der Waals surface area contributed by atoms with Crippen LogP contribution in [0.3, 0.4) is 0 Å². The maximum atomic E-state index is 13.5. The van der Waals surface area contributed by atoms with Crippen molar-refractivity contribution < 1.29 is 27.8 Å². The van der Waals surface area contributed by atoms with Gasteiger partial charge < -0.3 is 19.9 Å². The SMILES string of the molecule is COc1ccccc1CN1CCC2(CCOc3ccccc3S(=O)(=O)N3C[C@H](O)C[C@H]3C(=O)N2)CC1. The van der Waals surface area contributed by atoms with Crippen LogP contribution in [0.2, 0.25) is 0 Å². The molecule has 2 fully saturated rings. The first kappa shape index (κ1) is 25.0. The molecule has 9 nitrogen and oxygen atoms in total. The number of aliphatic hydroxyl groups excluding tert-OH is 1. The minimum atomic E-state index is -4.03. The second kappa shape index (κ2) is 10.0. The molecule has 0 radical (unpaired) electrons. The molecule has 0 unspecified atom stereocenters. The number of likely N-dealkylation sites (tertiary alicyclic amines) is 1. The molecule has 194 valence electrons. The Morgan fingerprint density at radius 1 is 1.11 bits per heavy atom. The summed E-state index contributed by atoms with van der Waals surface area (Å²) in [6.07, 6.45) is 1.15. The van der Waals surface area contributed by atoms with Crippen molar-refractivity contribution in [2.24, 2.45) is 0 Å². The summed E-state index contributed by atoms with van der Waals surface area (Å²) in [5.74, 6) is 0.776. The van der Waals surface area contributed by atoms with Crippen molar-refractivity contribution in [3.63, 3.8) is 0 Å². The van der Waals surface area contributed by atoms with Gasteiger partial charge in [0.2, 0.25) is 15.9 Å². The number of amides is 1. The van der Waals surface area contributed by atoms with E-state index in [2.05, 4.69) is 16.3 Å². The van der Waals surface area contributed by atoms with Crippen molar-refractivity contribution in [3.05, 3.63) is 54.1 Å². The van der Waals surface area contributed by atoms with E-state index >= 15 is 0 Å². The molecule has 2 atom stereocenters. The van der Waals surface area contributed by atoms with Crippen molar-refractivity contribution in [3.8, 4) is 11.5 Å². The quantitative estimate of drug-likeness (QED) is 0.641. The van der Waals surface area contributed by atoms with Gasteiger partial charge in [-0.25, -0.2) is 8.42 Å². The molecule has 0 bridgehead atoms. The second-order valence-electron chi connectivity index (χ2n) is 9.88. The summed E-state index contributed by atoms with van der Waals surface area (Å²) in [6.45, 7) is 2.45. The number of hydrogen-bond donors (Lipinski definition) is 2. The van der Waals surface area contributed by atoms with Crippen molar-refractivity contribution in [2.45, 2.75) is 54.8 Å². The molecule has 2 aromatic rings. The Labute approximate surface area is 212 Å². The third-order valence-corrected chi connectivity index (χ3v) is 9.51. The smallest absolute Gasteiger partial charge is 0.247 e.